The molecule has 0 fully saturated rings. The zero-order valence-corrected chi connectivity index (χ0v) is 4.97. The first-order valence-corrected chi connectivity index (χ1v) is 3.13. The molecule has 0 aromatic carbocycles. The summed E-state index contributed by atoms with van der Waals surface area (Å²) >= 11 is 0. The molecule has 50 valence electrons. The molecule has 4 N–H and O–H groups in total. The number of nitrogens with two attached hydrogens (primary N) is 1. The summed E-state index contributed by atoms with van der Waals surface area (Å²) in [6, 6.07) is 0. The van der Waals surface area contributed by atoms with Crippen LogP contribution in [-0.4, -0.2) is 26.3 Å². The Hall–Kier alpha value is -0.170. The van der Waals surface area contributed by atoms with E-state index in [4.69, 9.17) is 10.8 Å². The molecule has 0 heterocycles. The van der Waals surface area contributed by atoms with Crippen molar-refractivity contribution in [1.82, 2.24) is 4.72 Å². The molecule has 0 saturated carbocycles. The second-order valence-corrected chi connectivity index (χ2v) is 1.91. The number of aliphatic hydroxyl groups is 1. The molecule has 0 aliphatic heterocycles. The van der Waals surface area contributed by atoms with E-state index < -0.39 is 17.1 Å². The minimum Gasteiger partial charge on any atom is -0.376 e. The number of hydrogen-bond donors (Lipinski definition) is 4. The van der Waals surface area contributed by atoms with Gasteiger partial charge in [-0.15, -0.1) is 0 Å². The van der Waals surface area contributed by atoms with Crippen molar-refractivity contribution in [1.29, 1.82) is 0 Å². The van der Waals surface area contributed by atoms with Crippen molar-refractivity contribution < 1.29 is 13.5 Å². The van der Waals surface area contributed by atoms with Crippen LogP contribution < -0.4 is 10.5 Å². The van der Waals surface area contributed by atoms with Crippen molar-refractivity contribution in [2.75, 3.05) is 6.54 Å². The smallest absolute Gasteiger partial charge is 0.203 e. The highest BCUT2D eigenvalue weighted by molar-refractivity contribution is 7.70. The van der Waals surface area contributed by atoms with Gasteiger partial charge in [0, 0.05) is 6.54 Å². The number of aliphatic hydroxyl groups excluding tert-OH is 1. The van der Waals surface area contributed by atoms with E-state index in [0.29, 0.717) is 0 Å². The van der Waals surface area contributed by atoms with Crippen LogP contribution in [0.4, 0.5) is 0 Å². The summed E-state index contributed by atoms with van der Waals surface area (Å²) in [6.45, 7) is -0.108. The van der Waals surface area contributed by atoms with Gasteiger partial charge in [0.15, 0.2) is 0 Å². The number of nitrogens with one attached hydrogen (secondary N) is 1. The Morgan fingerprint density at radius 2 is 2.25 bits per heavy atom. The van der Waals surface area contributed by atoms with Crippen LogP contribution in [0.25, 0.3) is 0 Å². The Balaban J connectivity index is 3.39. The molecule has 0 aromatic rings. The third-order valence-electron chi connectivity index (χ3n) is 0.478. The first-order valence-electron chi connectivity index (χ1n) is 1.95. The van der Waals surface area contributed by atoms with Gasteiger partial charge in [-0.05, 0) is 0 Å². The normalized spacial score (nSPS) is 14.4. The van der Waals surface area contributed by atoms with Crippen LogP contribution in [0.15, 0.2) is 0 Å². The second kappa shape index (κ2) is 3.79. The maximum atomic E-state index is 9.68. The zero-order valence-electron chi connectivity index (χ0n) is 4.07. The fraction of sp³-hybridized carbons (Fsp3) is 1.00. The summed E-state index contributed by atoms with van der Waals surface area (Å²) in [5.74, 6) is 0. The molecule has 0 aliphatic carbocycles. The molecule has 0 spiro atoms. The molecule has 0 saturated heterocycles. The maximum absolute atomic E-state index is 9.68. The third kappa shape index (κ3) is 4.00. The van der Waals surface area contributed by atoms with Crippen LogP contribution in [0.3, 0.4) is 0 Å². The van der Waals surface area contributed by atoms with Crippen LogP contribution in [0.2, 0.25) is 0 Å². The minimum atomic E-state index is -2.73. The van der Waals surface area contributed by atoms with Crippen LogP contribution in [0, 0.1) is 0 Å². The van der Waals surface area contributed by atoms with E-state index in [0.717, 1.165) is 0 Å². The highest BCUT2D eigenvalue weighted by Gasteiger charge is 1.96. The lowest BCUT2D eigenvalue weighted by Gasteiger charge is -2.00. The van der Waals surface area contributed by atoms with Crippen molar-refractivity contribution in [2.24, 2.45) is 5.73 Å². The predicted octanol–water partition coefficient (Wildman–Crippen LogP) is -2.62. The molecule has 8 heavy (non-hydrogen) atoms. The third-order valence-corrected chi connectivity index (χ3v) is 0.987. The average Bonchev–Trinajstić information content (AvgIpc) is 1.65. The van der Waals surface area contributed by atoms with Gasteiger partial charge < -0.3 is 10.8 Å². The summed E-state index contributed by atoms with van der Waals surface area (Å²) in [6.07, 6.45) is -1.14. The van der Waals surface area contributed by atoms with Crippen molar-refractivity contribution in [2.45, 2.75) is 6.23 Å². The van der Waals surface area contributed by atoms with E-state index in [1.54, 1.807) is 4.72 Å². The Labute approximate surface area is 48.6 Å². The van der Waals surface area contributed by atoms with Gasteiger partial charge in [-0.2, -0.15) is 4.72 Å². The molecule has 1 atom stereocenters. The lowest BCUT2D eigenvalue weighted by Crippen LogP contribution is -2.34. The minimum absolute atomic E-state index is 0.108. The monoisotopic (exact) mass is 140 g/mol. The van der Waals surface area contributed by atoms with Gasteiger partial charge in [-0.25, -0.2) is 8.42 Å². The largest absolute Gasteiger partial charge is 0.376 e. The van der Waals surface area contributed by atoms with Crippen molar-refractivity contribution in [3.63, 3.8) is 0 Å². The van der Waals surface area contributed by atoms with Gasteiger partial charge in [0.2, 0.25) is 10.9 Å². The quantitative estimate of drug-likeness (QED) is 0.255. The summed E-state index contributed by atoms with van der Waals surface area (Å²) < 4.78 is 21.1. The molecule has 0 radical (unpaired) electrons. The van der Waals surface area contributed by atoms with E-state index in [2.05, 4.69) is 0 Å². The summed E-state index contributed by atoms with van der Waals surface area (Å²) in [5, 5.41) is 8.41. The lowest BCUT2D eigenvalue weighted by molar-refractivity contribution is 0.173. The van der Waals surface area contributed by atoms with Crippen LogP contribution >= 0.6 is 0 Å². The van der Waals surface area contributed by atoms with Crippen LogP contribution in [0.1, 0.15) is 0 Å². The van der Waals surface area contributed by atoms with E-state index >= 15 is 0 Å². The van der Waals surface area contributed by atoms with Gasteiger partial charge >= 0.3 is 0 Å². The Kier molecular flexibility index (Phi) is 3.71. The van der Waals surface area contributed by atoms with E-state index in [1.165, 1.54) is 0 Å². The van der Waals surface area contributed by atoms with E-state index in [9.17, 15) is 8.42 Å². The maximum Gasteiger partial charge on any atom is 0.203 e. The molecular weight excluding hydrogens is 132 g/mol. The predicted molar refractivity (Wildman–Crippen MR) is 28.5 cm³/mol. The molecule has 0 amide bonds. The molecule has 0 aromatic heterocycles. The molecule has 1 unspecified atom stereocenters. The lowest BCUT2D eigenvalue weighted by atomic mass is 10.6. The molecule has 0 bridgehead atoms. The number of thiol groups is 1. The molecule has 5 nitrogen and oxygen atoms in total. The van der Waals surface area contributed by atoms with Crippen LogP contribution in [-0.2, 0) is 10.9 Å². The fourth-order valence-corrected chi connectivity index (χ4v) is 0.523. The molecule has 0 rings (SSSR count). The molecule has 6 heteroatoms. The van der Waals surface area contributed by atoms with Crippen molar-refractivity contribution in [3.05, 3.63) is 0 Å². The summed E-state index contributed by atoms with van der Waals surface area (Å²) in [7, 11) is -2.73. The Bertz CT molecular complexity index is 114. The van der Waals surface area contributed by atoms with Gasteiger partial charge in [0.05, 0.1) is 0 Å². The second-order valence-electron chi connectivity index (χ2n) is 1.14. The SMILES string of the molecule is NCC(O)N[SH](=O)=O. The zero-order chi connectivity index (χ0) is 6.57. The molecule has 0 aliphatic rings. The van der Waals surface area contributed by atoms with Crippen molar-refractivity contribution >= 4 is 10.9 Å². The van der Waals surface area contributed by atoms with E-state index in [-0.39, 0.29) is 6.54 Å². The Morgan fingerprint density at radius 1 is 1.75 bits per heavy atom. The number of rotatable bonds is 3. The fourth-order valence-electron chi connectivity index (χ4n) is 0.174. The standard InChI is InChI=1S/C2H8N2O3S/c3-1-2(5)4-8(6)7/h2,5,8H,1,3H2,(H,4,6,7). The Morgan fingerprint density at radius 3 is 2.38 bits per heavy atom. The van der Waals surface area contributed by atoms with E-state index in [1.807, 2.05) is 0 Å². The van der Waals surface area contributed by atoms with Crippen molar-refractivity contribution in [3.8, 4) is 0 Å². The summed E-state index contributed by atoms with van der Waals surface area (Å²) in [4.78, 5) is 0. The first-order chi connectivity index (χ1) is 3.66. The number of hydrogen-bond acceptors (Lipinski definition) is 4. The van der Waals surface area contributed by atoms with Gasteiger partial charge in [-0.3, -0.25) is 0 Å². The topological polar surface area (TPSA) is 92.4 Å². The summed E-state index contributed by atoms with van der Waals surface area (Å²) in [5.41, 5.74) is 4.84. The average molecular weight is 140 g/mol. The molecular formula is C2H8N2O3S. The first kappa shape index (κ1) is 7.83. The van der Waals surface area contributed by atoms with Gasteiger partial charge in [-0.1, -0.05) is 0 Å². The highest BCUT2D eigenvalue weighted by Crippen LogP contribution is 1.66. The highest BCUT2D eigenvalue weighted by atomic mass is 32.2. The van der Waals surface area contributed by atoms with Gasteiger partial charge in [0.1, 0.15) is 6.23 Å². The van der Waals surface area contributed by atoms with Crippen LogP contribution in [0.5, 0.6) is 0 Å². The van der Waals surface area contributed by atoms with Gasteiger partial charge in [0.25, 0.3) is 0 Å².